The summed E-state index contributed by atoms with van der Waals surface area (Å²) in [7, 11) is 0. The number of aromatic nitrogens is 5. The van der Waals surface area contributed by atoms with Crippen LogP contribution in [0.5, 0.6) is 0 Å². The number of carbonyl (C=O) groups excluding carboxylic acids is 1. The van der Waals surface area contributed by atoms with Crippen molar-refractivity contribution in [3.05, 3.63) is 110 Å². The highest BCUT2D eigenvalue weighted by atomic mass is 16.1. The van der Waals surface area contributed by atoms with Crippen LogP contribution in [0, 0.1) is 0 Å². The zero-order chi connectivity index (χ0) is 25.2. The monoisotopic (exact) mass is 485 g/mol. The molecule has 8 heteroatoms. The zero-order valence-corrected chi connectivity index (χ0v) is 19.8. The molecule has 0 aliphatic carbocycles. The fourth-order valence-corrected chi connectivity index (χ4v) is 4.43. The van der Waals surface area contributed by atoms with Gasteiger partial charge in [0.2, 0.25) is 5.91 Å². The number of anilines is 3. The molecule has 0 radical (unpaired) electrons. The molecule has 37 heavy (non-hydrogen) atoms. The van der Waals surface area contributed by atoms with Gasteiger partial charge in [0.15, 0.2) is 0 Å². The number of nitrogens with zero attached hydrogens (tertiary/aromatic N) is 4. The van der Waals surface area contributed by atoms with Gasteiger partial charge < -0.3 is 15.6 Å². The first-order chi connectivity index (χ1) is 18.2. The Balaban J connectivity index is 1.32. The summed E-state index contributed by atoms with van der Waals surface area (Å²) in [6, 6.07) is 24.1. The summed E-state index contributed by atoms with van der Waals surface area (Å²) in [6.07, 6.45) is 6.55. The number of benzene rings is 3. The summed E-state index contributed by atoms with van der Waals surface area (Å²) in [6.45, 7) is 4.22. The summed E-state index contributed by atoms with van der Waals surface area (Å²) in [4.78, 5) is 23.9. The van der Waals surface area contributed by atoms with Gasteiger partial charge in [-0.1, -0.05) is 49.0 Å². The van der Waals surface area contributed by atoms with Gasteiger partial charge >= 0.3 is 0 Å². The molecule has 6 aromatic rings. The Morgan fingerprint density at radius 3 is 2.76 bits per heavy atom. The molecule has 0 saturated heterocycles. The quantitative estimate of drug-likeness (QED) is 0.245. The smallest absolute Gasteiger partial charge is 0.247 e. The summed E-state index contributed by atoms with van der Waals surface area (Å²) in [5.74, 6) is 0.419. The van der Waals surface area contributed by atoms with E-state index in [1.54, 1.807) is 0 Å². The largest absolute Gasteiger partial charge is 0.345 e. The van der Waals surface area contributed by atoms with E-state index < -0.39 is 0 Å². The van der Waals surface area contributed by atoms with Crippen LogP contribution in [-0.4, -0.2) is 30.6 Å². The lowest BCUT2D eigenvalue weighted by Crippen LogP contribution is -2.06. The molecule has 3 aromatic carbocycles. The average molecular weight is 486 g/mol. The number of hydrogen-bond donors (Lipinski definition) is 3. The fraction of sp³-hybridized carbons (Fsp3) is 0.0345. The lowest BCUT2D eigenvalue weighted by molar-refractivity contribution is -0.111. The molecule has 0 unspecified atom stereocenters. The van der Waals surface area contributed by atoms with Crippen molar-refractivity contribution in [2.75, 3.05) is 10.6 Å². The molecule has 3 heterocycles. The van der Waals surface area contributed by atoms with E-state index in [-0.39, 0.29) is 5.91 Å². The number of amides is 1. The van der Waals surface area contributed by atoms with Gasteiger partial charge in [0.05, 0.1) is 23.6 Å². The Labute approximate surface area is 212 Å². The second kappa shape index (κ2) is 9.43. The van der Waals surface area contributed by atoms with E-state index in [9.17, 15) is 4.79 Å². The van der Waals surface area contributed by atoms with Crippen molar-refractivity contribution in [2.45, 2.75) is 6.54 Å². The molecular formula is C29H23N7O. The second-order valence-corrected chi connectivity index (χ2v) is 8.61. The topological polar surface area (TPSA) is 101 Å². The number of aromatic amines is 1. The van der Waals surface area contributed by atoms with Gasteiger partial charge in [-0.15, -0.1) is 0 Å². The molecule has 0 spiro atoms. The van der Waals surface area contributed by atoms with E-state index in [2.05, 4.69) is 61.5 Å². The Morgan fingerprint density at radius 2 is 1.89 bits per heavy atom. The van der Waals surface area contributed by atoms with Crippen molar-refractivity contribution in [3.8, 4) is 11.1 Å². The molecule has 180 valence electrons. The minimum absolute atomic E-state index is 0.260. The van der Waals surface area contributed by atoms with Crippen LogP contribution in [0.4, 0.5) is 17.2 Å². The molecule has 8 nitrogen and oxygen atoms in total. The van der Waals surface area contributed by atoms with Crippen LogP contribution in [0.2, 0.25) is 0 Å². The first kappa shape index (κ1) is 22.2. The van der Waals surface area contributed by atoms with Crippen LogP contribution in [0.1, 0.15) is 5.56 Å². The Hall–Kier alpha value is -5.24. The summed E-state index contributed by atoms with van der Waals surface area (Å²) in [5, 5.41) is 12.7. The zero-order valence-electron chi connectivity index (χ0n) is 19.8. The third kappa shape index (κ3) is 4.43. The lowest BCUT2D eigenvalue weighted by Gasteiger charge is -2.10. The minimum Gasteiger partial charge on any atom is -0.345 e. The number of H-pyrrole nitrogens is 1. The number of hydrogen-bond acceptors (Lipinski definition) is 5. The highest BCUT2D eigenvalue weighted by molar-refractivity contribution is 6.03. The molecule has 1 amide bonds. The normalized spacial score (nSPS) is 11.0. The first-order valence-corrected chi connectivity index (χ1v) is 11.8. The van der Waals surface area contributed by atoms with E-state index in [0.29, 0.717) is 23.7 Å². The molecule has 3 N–H and O–H groups in total. The molecule has 0 fully saturated rings. The van der Waals surface area contributed by atoms with E-state index in [0.717, 1.165) is 33.1 Å². The van der Waals surface area contributed by atoms with Crippen molar-refractivity contribution < 1.29 is 4.79 Å². The molecule has 0 aliphatic heterocycles. The maximum Gasteiger partial charge on any atom is 0.247 e. The van der Waals surface area contributed by atoms with E-state index in [4.69, 9.17) is 0 Å². The third-order valence-corrected chi connectivity index (χ3v) is 6.18. The average Bonchev–Trinajstić information content (AvgIpc) is 3.54. The predicted molar refractivity (Wildman–Crippen MR) is 147 cm³/mol. The molecule has 3 aromatic heterocycles. The van der Waals surface area contributed by atoms with Crippen molar-refractivity contribution in [2.24, 2.45) is 0 Å². The highest BCUT2D eigenvalue weighted by Crippen LogP contribution is 2.34. The van der Waals surface area contributed by atoms with Gasteiger partial charge in [0, 0.05) is 28.5 Å². The predicted octanol–water partition coefficient (Wildman–Crippen LogP) is 5.89. The summed E-state index contributed by atoms with van der Waals surface area (Å²) < 4.78 is 2.00. The lowest BCUT2D eigenvalue weighted by atomic mass is 10.1. The van der Waals surface area contributed by atoms with Crippen LogP contribution in [-0.2, 0) is 11.3 Å². The van der Waals surface area contributed by atoms with Gasteiger partial charge in [0.1, 0.15) is 17.8 Å². The number of nitrogens with one attached hydrogen (secondary N) is 3. The minimum atomic E-state index is -0.260. The number of rotatable bonds is 7. The number of carbonyl (C=O) groups is 1. The standard InChI is InChI=1S/C29H23N7O/c1-2-26(37)34-22-10-6-9-20(13-22)24-16-30-28-27(24)29(32-18-31-28)35-23-11-12-25-21(14-23)15-33-36(25)17-19-7-4-3-5-8-19/h2-16,18H,1,17H2,(H,34,37)(H2,30,31,32,35). The second-order valence-electron chi connectivity index (χ2n) is 8.61. The Kier molecular flexibility index (Phi) is 5.67. The summed E-state index contributed by atoms with van der Waals surface area (Å²) in [5.41, 5.74) is 6.39. The van der Waals surface area contributed by atoms with E-state index in [1.165, 1.54) is 18.0 Å². The Morgan fingerprint density at radius 1 is 1.00 bits per heavy atom. The maximum absolute atomic E-state index is 11.8. The summed E-state index contributed by atoms with van der Waals surface area (Å²) >= 11 is 0. The molecular weight excluding hydrogens is 462 g/mol. The van der Waals surface area contributed by atoms with Crippen molar-refractivity contribution in [3.63, 3.8) is 0 Å². The molecule has 0 saturated carbocycles. The van der Waals surface area contributed by atoms with Crippen molar-refractivity contribution in [1.29, 1.82) is 0 Å². The Bertz CT molecular complexity index is 1750. The van der Waals surface area contributed by atoms with Gasteiger partial charge in [-0.25, -0.2) is 9.97 Å². The van der Waals surface area contributed by atoms with Crippen LogP contribution in [0.3, 0.4) is 0 Å². The maximum atomic E-state index is 11.8. The third-order valence-electron chi connectivity index (χ3n) is 6.18. The van der Waals surface area contributed by atoms with Crippen LogP contribution in [0.15, 0.2) is 104 Å². The molecule has 6 rings (SSSR count). The van der Waals surface area contributed by atoms with Gasteiger partial charge in [0.25, 0.3) is 0 Å². The SMILES string of the molecule is C=CC(=O)Nc1cccc(-c2c[nH]c3ncnc(Nc4ccc5c(cnn5Cc5ccccc5)c4)c23)c1. The van der Waals surface area contributed by atoms with Gasteiger partial charge in [-0.3, -0.25) is 9.48 Å². The van der Waals surface area contributed by atoms with Crippen LogP contribution >= 0.6 is 0 Å². The first-order valence-electron chi connectivity index (χ1n) is 11.8. The van der Waals surface area contributed by atoms with Gasteiger partial charge in [-0.2, -0.15) is 5.10 Å². The van der Waals surface area contributed by atoms with E-state index >= 15 is 0 Å². The van der Waals surface area contributed by atoms with Crippen LogP contribution < -0.4 is 10.6 Å². The number of fused-ring (bicyclic) bond motifs is 2. The molecule has 0 bridgehead atoms. The van der Waals surface area contributed by atoms with Crippen molar-refractivity contribution >= 4 is 45.0 Å². The molecule has 0 atom stereocenters. The fourth-order valence-electron chi connectivity index (χ4n) is 4.43. The van der Waals surface area contributed by atoms with E-state index in [1.807, 2.05) is 65.6 Å². The van der Waals surface area contributed by atoms with Crippen LogP contribution in [0.25, 0.3) is 33.1 Å². The highest BCUT2D eigenvalue weighted by Gasteiger charge is 2.14. The van der Waals surface area contributed by atoms with Gasteiger partial charge in [-0.05, 0) is 47.5 Å². The van der Waals surface area contributed by atoms with Crippen molar-refractivity contribution in [1.82, 2.24) is 24.7 Å². The molecule has 0 aliphatic rings.